The summed E-state index contributed by atoms with van der Waals surface area (Å²) in [5.74, 6) is 2.60. The maximum Gasteiger partial charge on any atom is 0.240 e. The van der Waals surface area contributed by atoms with Crippen molar-refractivity contribution in [2.75, 3.05) is 13.1 Å². The van der Waals surface area contributed by atoms with Gasteiger partial charge in [-0.15, -0.1) is 24.7 Å². The molecule has 30 heavy (non-hydrogen) atoms. The van der Waals surface area contributed by atoms with Gasteiger partial charge in [0.05, 0.1) is 17.8 Å². The molecular formula is C23H29N3O4. The molecule has 1 fully saturated rings. The van der Waals surface area contributed by atoms with Crippen LogP contribution in [0.4, 0.5) is 0 Å². The number of amides is 4. The molecule has 0 aromatic rings. The SMILES string of the molecule is C#CCC(CC#C)C(=O)NCCC(C)(C)NC(=O)CN1C(=O)[C@H]2CC=CC[C@H]2C1=O. The summed E-state index contributed by atoms with van der Waals surface area (Å²) in [5, 5.41) is 5.64. The second-order valence-electron chi connectivity index (χ2n) is 8.40. The number of allylic oxidation sites excluding steroid dienone is 2. The molecule has 2 N–H and O–H groups in total. The van der Waals surface area contributed by atoms with E-state index in [1.165, 1.54) is 0 Å². The van der Waals surface area contributed by atoms with Gasteiger partial charge in [-0.1, -0.05) is 12.2 Å². The second-order valence-corrected chi connectivity index (χ2v) is 8.40. The van der Waals surface area contributed by atoms with Crippen LogP contribution in [0.25, 0.3) is 0 Å². The highest BCUT2D eigenvalue weighted by Gasteiger charge is 2.47. The molecule has 0 radical (unpaired) electrons. The number of hydrogen-bond donors (Lipinski definition) is 2. The summed E-state index contributed by atoms with van der Waals surface area (Å²) in [5.41, 5.74) is -0.641. The first kappa shape index (κ1) is 23.2. The molecule has 0 saturated carbocycles. The van der Waals surface area contributed by atoms with Gasteiger partial charge in [0.25, 0.3) is 0 Å². The van der Waals surface area contributed by atoms with Crippen molar-refractivity contribution in [3.63, 3.8) is 0 Å². The molecule has 2 aliphatic rings. The quantitative estimate of drug-likeness (QED) is 0.336. The van der Waals surface area contributed by atoms with Crippen molar-refractivity contribution < 1.29 is 19.2 Å². The average Bonchev–Trinajstić information content (AvgIpc) is 2.92. The van der Waals surface area contributed by atoms with E-state index in [2.05, 4.69) is 22.5 Å². The zero-order chi connectivity index (χ0) is 22.3. The number of carbonyl (C=O) groups is 4. The highest BCUT2D eigenvalue weighted by molar-refractivity contribution is 6.07. The Hall–Kier alpha value is -3.06. The number of carbonyl (C=O) groups excluding carboxylic acids is 4. The zero-order valence-corrected chi connectivity index (χ0v) is 17.6. The highest BCUT2D eigenvalue weighted by Crippen LogP contribution is 2.34. The first-order valence-corrected chi connectivity index (χ1v) is 10.2. The smallest absolute Gasteiger partial charge is 0.240 e. The van der Waals surface area contributed by atoms with Gasteiger partial charge < -0.3 is 10.6 Å². The lowest BCUT2D eigenvalue weighted by Gasteiger charge is -2.28. The van der Waals surface area contributed by atoms with Gasteiger partial charge in [0.15, 0.2) is 0 Å². The molecule has 7 nitrogen and oxygen atoms in total. The summed E-state index contributed by atoms with van der Waals surface area (Å²) in [7, 11) is 0. The summed E-state index contributed by atoms with van der Waals surface area (Å²) in [6.45, 7) is 3.67. The maximum absolute atomic E-state index is 12.5. The van der Waals surface area contributed by atoms with Crippen molar-refractivity contribution in [1.29, 1.82) is 0 Å². The second kappa shape index (κ2) is 10.1. The van der Waals surface area contributed by atoms with Crippen LogP contribution in [0.1, 0.15) is 46.0 Å². The van der Waals surface area contributed by atoms with E-state index in [9.17, 15) is 19.2 Å². The number of terminal acetylenes is 2. The van der Waals surface area contributed by atoms with Crippen molar-refractivity contribution >= 4 is 23.6 Å². The Kier molecular flexibility index (Phi) is 7.83. The summed E-state index contributed by atoms with van der Waals surface area (Å²) in [6, 6.07) is 0. The molecular weight excluding hydrogens is 382 g/mol. The van der Waals surface area contributed by atoms with Crippen LogP contribution < -0.4 is 10.6 Å². The van der Waals surface area contributed by atoms with Gasteiger partial charge in [0, 0.05) is 24.9 Å². The van der Waals surface area contributed by atoms with Crippen LogP contribution in [0.5, 0.6) is 0 Å². The van der Waals surface area contributed by atoms with Crippen LogP contribution >= 0.6 is 0 Å². The number of imide groups is 1. The predicted octanol–water partition coefficient (Wildman–Crippen LogP) is 1.00. The molecule has 1 heterocycles. The number of hydrogen-bond acceptors (Lipinski definition) is 4. The number of nitrogens with zero attached hydrogens (tertiary/aromatic N) is 1. The van der Waals surface area contributed by atoms with E-state index in [0.29, 0.717) is 25.8 Å². The number of nitrogens with one attached hydrogen (secondary N) is 2. The Morgan fingerprint density at radius 2 is 1.67 bits per heavy atom. The molecule has 4 amide bonds. The Morgan fingerprint density at radius 1 is 1.13 bits per heavy atom. The van der Waals surface area contributed by atoms with Crippen LogP contribution in [0.2, 0.25) is 0 Å². The fraction of sp³-hybridized carbons (Fsp3) is 0.565. The van der Waals surface area contributed by atoms with Gasteiger partial charge >= 0.3 is 0 Å². The summed E-state index contributed by atoms with van der Waals surface area (Å²) in [4.78, 5) is 50.7. The fourth-order valence-corrected chi connectivity index (χ4v) is 3.83. The topological polar surface area (TPSA) is 95.6 Å². The van der Waals surface area contributed by atoms with E-state index < -0.39 is 17.4 Å². The van der Waals surface area contributed by atoms with E-state index in [-0.39, 0.29) is 48.9 Å². The molecule has 1 aliphatic heterocycles. The first-order valence-electron chi connectivity index (χ1n) is 10.2. The van der Waals surface area contributed by atoms with E-state index in [1.807, 2.05) is 26.0 Å². The largest absolute Gasteiger partial charge is 0.356 e. The first-order chi connectivity index (χ1) is 14.2. The third kappa shape index (κ3) is 5.73. The monoisotopic (exact) mass is 411 g/mol. The molecule has 0 bridgehead atoms. The van der Waals surface area contributed by atoms with Crippen molar-refractivity contribution in [1.82, 2.24) is 15.5 Å². The van der Waals surface area contributed by atoms with E-state index in [0.717, 1.165) is 4.90 Å². The Labute approximate surface area is 178 Å². The molecule has 0 unspecified atom stereocenters. The summed E-state index contributed by atoms with van der Waals surface area (Å²) >= 11 is 0. The molecule has 0 spiro atoms. The number of rotatable bonds is 9. The third-order valence-corrected chi connectivity index (χ3v) is 5.53. The van der Waals surface area contributed by atoms with Crippen LogP contribution in [-0.4, -0.2) is 47.2 Å². The van der Waals surface area contributed by atoms with Crippen molar-refractivity contribution in [3.05, 3.63) is 12.2 Å². The minimum Gasteiger partial charge on any atom is -0.356 e. The molecule has 0 aromatic heterocycles. The summed E-state index contributed by atoms with van der Waals surface area (Å²) in [6.07, 6.45) is 16.4. The molecule has 160 valence electrons. The lowest BCUT2D eigenvalue weighted by atomic mass is 9.85. The third-order valence-electron chi connectivity index (χ3n) is 5.53. The normalized spacial score (nSPS) is 20.5. The van der Waals surface area contributed by atoms with Crippen molar-refractivity contribution in [2.24, 2.45) is 17.8 Å². The Morgan fingerprint density at radius 3 is 2.17 bits per heavy atom. The minimum absolute atomic E-state index is 0.211. The highest BCUT2D eigenvalue weighted by atomic mass is 16.2. The Bertz CT molecular complexity index is 773. The zero-order valence-electron chi connectivity index (χ0n) is 17.6. The fourth-order valence-electron chi connectivity index (χ4n) is 3.83. The Balaban J connectivity index is 1.82. The standard InChI is InChI=1S/C23H29N3O4/c1-5-9-16(10-6-2)20(28)24-14-13-23(3,4)25-19(27)15-26-21(29)17-11-7-8-12-18(17)22(26)30/h1-2,7-8,16-18H,9-15H2,3-4H3,(H,24,28)(H,25,27)/t17-,18+. The van der Waals surface area contributed by atoms with Crippen LogP contribution in [0.15, 0.2) is 12.2 Å². The van der Waals surface area contributed by atoms with Crippen molar-refractivity contribution in [3.8, 4) is 24.7 Å². The molecule has 1 aliphatic carbocycles. The van der Waals surface area contributed by atoms with Gasteiger partial charge in [0.1, 0.15) is 6.54 Å². The molecule has 0 aromatic carbocycles. The predicted molar refractivity (Wildman–Crippen MR) is 112 cm³/mol. The van der Waals surface area contributed by atoms with Crippen molar-refractivity contribution in [2.45, 2.75) is 51.5 Å². The van der Waals surface area contributed by atoms with E-state index in [4.69, 9.17) is 12.8 Å². The molecule has 2 atom stereocenters. The van der Waals surface area contributed by atoms with Gasteiger partial charge in [-0.05, 0) is 33.1 Å². The van der Waals surface area contributed by atoms with Gasteiger partial charge in [-0.3, -0.25) is 24.1 Å². The lowest BCUT2D eigenvalue weighted by molar-refractivity contribution is -0.144. The average molecular weight is 412 g/mol. The molecule has 7 heteroatoms. The van der Waals surface area contributed by atoms with Crippen LogP contribution in [-0.2, 0) is 19.2 Å². The molecule has 2 rings (SSSR count). The molecule has 1 saturated heterocycles. The van der Waals surface area contributed by atoms with E-state index >= 15 is 0 Å². The summed E-state index contributed by atoms with van der Waals surface area (Å²) < 4.78 is 0. The maximum atomic E-state index is 12.5. The van der Waals surface area contributed by atoms with Crippen LogP contribution in [0, 0.1) is 42.4 Å². The van der Waals surface area contributed by atoms with Gasteiger partial charge in [-0.2, -0.15) is 0 Å². The lowest BCUT2D eigenvalue weighted by Crippen LogP contribution is -2.50. The van der Waals surface area contributed by atoms with E-state index in [1.54, 1.807) is 0 Å². The van der Waals surface area contributed by atoms with Crippen LogP contribution in [0.3, 0.4) is 0 Å². The van der Waals surface area contributed by atoms with Gasteiger partial charge in [0.2, 0.25) is 23.6 Å². The van der Waals surface area contributed by atoms with Gasteiger partial charge in [-0.25, -0.2) is 0 Å². The number of fused-ring (bicyclic) bond motifs is 1. The number of likely N-dealkylation sites (tertiary alicyclic amines) is 1. The minimum atomic E-state index is -0.641.